The highest BCUT2D eigenvalue weighted by Gasteiger charge is 2.07. The molecule has 1 heterocycles. The van der Waals surface area contributed by atoms with Crippen molar-refractivity contribution in [2.75, 3.05) is 12.3 Å². The van der Waals surface area contributed by atoms with Crippen molar-refractivity contribution in [3.05, 3.63) is 22.1 Å². The lowest BCUT2D eigenvalue weighted by molar-refractivity contribution is 0.612. The van der Waals surface area contributed by atoms with Crippen LogP contribution in [-0.2, 0) is 6.42 Å². The first-order valence-corrected chi connectivity index (χ1v) is 7.54. The van der Waals surface area contributed by atoms with Crippen molar-refractivity contribution >= 4 is 11.8 Å². The van der Waals surface area contributed by atoms with E-state index in [9.17, 15) is 4.79 Å². The first-order valence-electron chi connectivity index (χ1n) is 6.55. The van der Waals surface area contributed by atoms with E-state index in [1.165, 1.54) is 11.8 Å². The van der Waals surface area contributed by atoms with E-state index in [0.717, 1.165) is 37.3 Å². The molecular weight excluding hydrogens is 260 g/mol. The van der Waals surface area contributed by atoms with E-state index in [1.807, 2.05) is 6.92 Å². The summed E-state index contributed by atoms with van der Waals surface area (Å²) >= 11 is 1.49. The number of aryl methyl sites for hydroxylation is 1. The fourth-order valence-corrected chi connectivity index (χ4v) is 2.57. The second-order valence-electron chi connectivity index (χ2n) is 4.17. The normalized spacial score (nSPS) is 12.1. The van der Waals surface area contributed by atoms with Gasteiger partial charge in [0, 0.05) is 17.5 Å². The van der Waals surface area contributed by atoms with E-state index in [4.69, 9.17) is 5.26 Å². The number of hydrogen-bond acceptors (Lipinski definition) is 5. The van der Waals surface area contributed by atoms with Gasteiger partial charge in [-0.2, -0.15) is 5.26 Å². The smallest absolute Gasteiger partial charge is 0.251 e. The number of nitriles is 1. The Balaban J connectivity index is 2.53. The zero-order chi connectivity index (χ0) is 14.1. The number of aromatic nitrogens is 2. The average molecular weight is 280 g/mol. The number of rotatable bonds is 8. The summed E-state index contributed by atoms with van der Waals surface area (Å²) in [6, 6.07) is 3.63. The molecule has 5 nitrogen and oxygen atoms in total. The molecule has 1 unspecified atom stereocenters. The number of thioether (sulfide) groups is 1. The molecule has 1 aromatic rings. The van der Waals surface area contributed by atoms with Crippen LogP contribution in [0.25, 0.3) is 0 Å². The highest BCUT2D eigenvalue weighted by molar-refractivity contribution is 7.99. The third-order valence-corrected chi connectivity index (χ3v) is 3.44. The summed E-state index contributed by atoms with van der Waals surface area (Å²) in [5.41, 5.74) is 0.724. The Morgan fingerprint density at radius 3 is 3.00 bits per heavy atom. The van der Waals surface area contributed by atoms with Crippen molar-refractivity contribution in [3.63, 3.8) is 0 Å². The van der Waals surface area contributed by atoms with Crippen LogP contribution in [-0.4, -0.2) is 28.3 Å². The molecule has 0 aromatic carbocycles. The zero-order valence-corrected chi connectivity index (χ0v) is 12.2. The van der Waals surface area contributed by atoms with E-state index in [1.54, 1.807) is 6.07 Å². The Labute approximate surface area is 117 Å². The Morgan fingerprint density at radius 1 is 1.58 bits per heavy atom. The number of hydrogen-bond donors (Lipinski definition) is 2. The Hall–Kier alpha value is -1.32. The van der Waals surface area contributed by atoms with E-state index in [-0.39, 0.29) is 11.6 Å². The van der Waals surface area contributed by atoms with Crippen LogP contribution in [0, 0.1) is 11.3 Å². The maximum absolute atomic E-state index is 11.5. The standard InChI is InChI=1S/C13H20N4OS/c1-3-5-10-8-12(18)17-13(16-10)19-7-6-11(9-14)15-4-2/h8,11,15H,3-7H2,1-2H3,(H,16,17,18). The number of H-pyrrole nitrogens is 1. The molecule has 0 fully saturated rings. The summed E-state index contributed by atoms with van der Waals surface area (Å²) in [4.78, 5) is 18.6. The van der Waals surface area contributed by atoms with Crippen molar-refractivity contribution in [1.82, 2.24) is 15.3 Å². The summed E-state index contributed by atoms with van der Waals surface area (Å²) < 4.78 is 0. The van der Waals surface area contributed by atoms with Crippen molar-refractivity contribution < 1.29 is 0 Å². The molecule has 1 aromatic heterocycles. The van der Waals surface area contributed by atoms with Gasteiger partial charge in [0.25, 0.3) is 5.56 Å². The number of nitrogens with one attached hydrogen (secondary N) is 2. The van der Waals surface area contributed by atoms with Gasteiger partial charge in [0.15, 0.2) is 5.16 Å². The van der Waals surface area contributed by atoms with Gasteiger partial charge in [0.2, 0.25) is 0 Å². The van der Waals surface area contributed by atoms with E-state index in [2.05, 4.69) is 28.3 Å². The third-order valence-electron chi connectivity index (χ3n) is 2.53. The van der Waals surface area contributed by atoms with Crippen LogP contribution in [0.15, 0.2) is 16.0 Å². The zero-order valence-electron chi connectivity index (χ0n) is 11.4. The molecule has 0 radical (unpaired) electrons. The fourth-order valence-electron chi connectivity index (χ4n) is 1.67. The largest absolute Gasteiger partial charge is 0.302 e. The minimum atomic E-state index is -0.136. The van der Waals surface area contributed by atoms with Crippen LogP contribution in [0.2, 0.25) is 0 Å². The highest BCUT2D eigenvalue weighted by Crippen LogP contribution is 2.14. The summed E-state index contributed by atoms with van der Waals surface area (Å²) in [6.45, 7) is 4.82. The third kappa shape index (κ3) is 5.90. The van der Waals surface area contributed by atoms with Crippen LogP contribution < -0.4 is 10.9 Å². The predicted molar refractivity (Wildman–Crippen MR) is 77.3 cm³/mol. The fraction of sp³-hybridized carbons (Fsp3) is 0.615. The van der Waals surface area contributed by atoms with Gasteiger partial charge >= 0.3 is 0 Å². The molecule has 0 saturated carbocycles. The van der Waals surface area contributed by atoms with Crippen LogP contribution >= 0.6 is 11.8 Å². The summed E-state index contributed by atoms with van der Waals surface area (Å²) in [5, 5.41) is 12.7. The number of aromatic amines is 1. The molecule has 0 spiro atoms. The molecule has 19 heavy (non-hydrogen) atoms. The SMILES string of the molecule is CCCc1cc(=O)[nH]c(SCCC(C#N)NCC)n1. The van der Waals surface area contributed by atoms with Gasteiger partial charge in [0.05, 0.1) is 12.1 Å². The Bertz CT molecular complexity index is 480. The van der Waals surface area contributed by atoms with Gasteiger partial charge in [0.1, 0.15) is 0 Å². The summed E-state index contributed by atoms with van der Waals surface area (Å²) in [5.74, 6) is 0.754. The van der Waals surface area contributed by atoms with Crippen molar-refractivity contribution in [3.8, 4) is 6.07 Å². The van der Waals surface area contributed by atoms with Gasteiger partial charge in [-0.3, -0.25) is 4.79 Å². The average Bonchev–Trinajstić information content (AvgIpc) is 2.37. The maximum Gasteiger partial charge on any atom is 0.251 e. The predicted octanol–water partition coefficient (Wildman–Crippen LogP) is 1.71. The first kappa shape index (κ1) is 15.7. The van der Waals surface area contributed by atoms with Gasteiger partial charge in [-0.25, -0.2) is 4.98 Å². The van der Waals surface area contributed by atoms with Crippen LogP contribution in [0.4, 0.5) is 0 Å². The molecule has 0 aliphatic carbocycles. The van der Waals surface area contributed by atoms with Gasteiger partial charge < -0.3 is 10.3 Å². The molecule has 1 atom stereocenters. The summed E-state index contributed by atoms with van der Waals surface area (Å²) in [6.07, 6.45) is 2.52. The van der Waals surface area contributed by atoms with Crippen molar-refractivity contribution in [2.45, 2.75) is 44.3 Å². The molecule has 0 amide bonds. The molecule has 2 N–H and O–H groups in total. The lowest BCUT2D eigenvalue weighted by Crippen LogP contribution is -2.27. The molecular formula is C13H20N4OS. The lowest BCUT2D eigenvalue weighted by Gasteiger charge is -2.08. The lowest BCUT2D eigenvalue weighted by atomic mass is 10.2. The first-order chi connectivity index (χ1) is 9.19. The highest BCUT2D eigenvalue weighted by atomic mass is 32.2. The Kier molecular flexibility index (Phi) is 7.23. The van der Waals surface area contributed by atoms with Crippen molar-refractivity contribution in [2.24, 2.45) is 0 Å². The van der Waals surface area contributed by atoms with Crippen LogP contribution in [0.3, 0.4) is 0 Å². The van der Waals surface area contributed by atoms with E-state index >= 15 is 0 Å². The number of nitrogens with zero attached hydrogens (tertiary/aromatic N) is 2. The molecule has 6 heteroatoms. The topological polar surface area (TPSA) is 81.6 Å². The van der Waals surface area contributed by atoms with Gasteiger partial charge in [-0.1, -0.05) is 32.0 Å². The molecule has 0 bridgehead atoms. The molecule has 0 saturated heterocycles. The molecule has 0 aliphatic rings. The second kappa shape index (κ2) is 8.73. The monoisotopic (exact) mass is 280 g/mol. The van der Waals surface area contributed by atoms with Crippen LogP contribution in [0.5, 0.6) is 0 Å². The van der Waals surface area contributed by atoms with E-state index < -0.39 is 0 Å². The minimum Gasteiger partial charge on any atom is -0.302 e. The molecule has 0 aliphatic heterocycles. The quantitative estimate of drug-likeness (QED) is 0.559. The Morgan fingerprint density at radius 2 is 2.37 bits per heavy atom. The summed E-state index contributed by atoms with van der Waals surface area (Å²) in [7, 11) is 0. The molecule has 1 rings (SSSR count). The second-order valence-corrected chi connectivity index (χ2v) is 5.25. The maximum atomic E-state index is 11.5. The van der Waals surface area contributed by atoms with E-state index in [0.29, 0.717) is 5.16 Å². The molecule has 104 valence electrons. The van der Waals surface area contributed by atoms with Crippen LogP contribution in [0.1, 0.15) is 32.4 Å². The minimum absolute atomic E-state index is 0.107. The van der Waals surface area contributed by atoms with Gasteiger partial charge in [-0.15, -0.1) is 0 Å². The van der Waals surface area contributed by atoms with Gasteiger partial charge in [-0.05, 0) is 19.4 Å². The van der Waals surface area contributed by atoms with Crippen molar-refractivity contribution in [1.29, 1.82) is 5.26 Å².